The first-order valence-electron chi connectivity index (χ1n) is 6.95. The predicted octanol–water partition coefficient (Wildman–Crippen LogP) is 2.44. The Balaban J connectivity index is 0.00000242. The van der Waals surface area contributed by atoms with Crippen LogP contribution in [-0.2, 0) is 10.0 Å². The second kappa shape index (κ2) is 7.21. The maximum atomic E-state index is 13.9. The van der Waals surface area contributed by atoms with Crippen molar-refractivity contribution in [2.45, 2.75) is 37.6 Å². The van der Waals surface area contributed by atoms with Gasteiger partial charge in [-0.1, -0.05) is 0 Å². The highest BCUT2D eigenvalue weighted by atomic mass is 35.5. The van der Waals surface area contributed by atoms with Crippen LogP contribution in [0.4, 0.5) is 8.78 Å². The Labute approximate surface area is 136 Å². The van der Waals surface area contributed by atoms with E-state index in [0.29, 0.717) is 19.0 Å². The van der Waals surface area contributed by atoms with Crippen LogP contribution in [-0.4, -0.2) is 31.9 Å². The van der Waals surface area contributed by atoms with Crippen LogP contribution in [0.5, 0.6) is 0 Å². The largest absolute Gasteiger partial charge is 0.328 e. The Morgan fingerprint density at radius 2 is 1.95 bits per heavy atom. The molecule has 126 valence electrons. The molecule has 1 aromatic carbocycles. The molecular formula is C14H21ClF2N2O2S. The molecule has 0 aromatic heterocycles. The van der Waals surface area contributed by atoms with Crippen LogP contribution in [0.3, 0.4) is 0 Å². The molecule has 1 fully saturated rings. The Bertz CT molecular complexity index is 638. The molecule has 2 rings (SSSR count). The van der Waals surface area contributed by atoms with Crippen molar-refractivity contribution in [2.24, 2.45) is 11.7 Å². The van der Waals surface area contributed by atoms with Crippen molar-refractivity contribution in [3.8, 4) is 0 Å². The van der Waals surface area contributed by atoms with Gasteiger partial charge in [-0.05, 0) is 44.2 Å². The lowest BCUT2D eigenvalue weighted by Gasteiger charge is -2.33. The fraction of sp³-hybridized carbons (Fsp3) is 0.571. The molecule has 2 unspecified atom stereocenters. The SMILES string of the molecule is Cc1cc(S(=O)(=O)N2CCCC(C(C)N)C2)c(F)cc1F.Cl. The minimum absolute atomic E-state index is 0. The molecule has 2 N–H and O–H groups in total. The van der Waals surface area contributed by atoms with E-state index in [4.69, 9.17) is 5.73 Å². The molecule has 8 heteroatoms. The summed E-state index contributed by atoms with van der Waals surface area (Å²) in [5.74, 6) is -1.75. The van der Waals surface area contributed by atoms with Gasteiger partial charge in [0, 0.05) is 25.2 Å². The zero-order valence-corrected chi connectivity index (χ0v) is 14.2. The second-order valence-corrected chi connectivity index (χ2v) is 7.56. The number of halogens is 3. The smallest absolute Gasteiger partial charge is 0.246 e. The summed E-state index contributed by atoms with van der Waals surface area (Å²) in [7, 11) is -3.96. The van der Waals surface area contributed by atoms with E-state index in [1.54, 1.807) is 0 Å². The first-order chi connectivity index (χ1) is 9.73. The number of nitrogens with zero attached hydrogens (tertiary/aromatic N) is 1. The van der Waals surface area contributed by atoms with Gasteiger partial charge in [0.25, 0.3) is 0 Å². The highest BCUT2D eigenvalue weighted by molar-refractivity contribution is 7.89. The summed E-state index contributed by atoms with van der Waals surface area (Å²) >= 11 is 0. The summed E-state index contributed by atoms with van der Waals surface area (Å²) in [6, 6.07) is 1.55. The third-order valence-corrected chi connectivity index (χ3v) is 5.88. The molecule has 22 heavy (non-hydrogen) atoms. The summed E-state index contributed by atoms with van der Waals surface area (Å²) in [4.78, 5) is -0.466. The zero-order valence-electron chi connectivity index (χ0n) is 12.6. The van der Waals surface area contributed by atoms with Gasteiger partial charge in [-0.2, -0.15) is 4.31 Å². The van der Waals surface area contributed by atoms with E-state index in [1.807, 2.05) is 6.92 Å². The third kappa shape index (κ3) is 3.76. The van der Waals surface area contributed by atoms with Gasteiger partial charge in [0.2, 0.25) is 10.0 Å². The van der Waals surface area contributed by atoms with Gasteiger partial charge in [0.05, 0.1) is 0 Å². The van der Waals surface area contributed by atoms with Gasteiger partial charge >= 0.3 is 0 Å². The molecule has 0 amide bonds. The first-order valence-corrected chi connectivity index (χ1v) is 8.39. The van der Waals surface area contributed by atoms with Crippen LogP contribution in [0.2, 0.25) is 0 Å². The van der Waals surface area contributed by atoms with Gasteiger partial charge < -0.3 is 5.73 Å². The number of sulfonamides is 1. The maximum Gasteiger partial charge on any atom is 0.246 e. The molecule has 0 spiro atoms. The van der Waals surface area contributed by atoms with Crippen molar-refractivity contribution < 1.29 is 17.2 Å². The third-order valence-electron chi connectivity index (χ3n) is 4.00. The number of piperidine rings is 1. The fourth-order valence-corrected chi connectivity index (χ4v) is 4.26. The first kappa shape index (κ1) is 19.3. The van der Waals surface area contributed by atoms with Gasteiger partial charge in [0.15, 0.2) is 0 Å². The number of aryl methyl sites for hydroxylation is 1. The van der Waals surface area contributed by atoms with E-state index in [0.717, 1.165) is 12.5 Å². The highest BCUT2D eigenvalue weighted by Crippen LogP contribution is 2.27. The molecule has 1 heterocycles. The number of benzene rings is 1. The fourth-order valence-electron chi connectivity index (χ4n) is 2.59. The van der Waals surface area contributed by atoms with E-state index in [1.165, 1.54) is 11.2 Å². The lowest BCUT2D eigenvalue weighted by atomic mass is 9.93. The van der Waals surface area contributed by atoms with E-state index in [9.17, 15) is 17.2 Å². The Hall–Kier alpha value is -0.760. The predicted molar refractivity (Wildman–Crippen MR) is 83.5 cm³/mol. The number of hydrogen-bond donors (Lipinski definition) is 1. The van der Waals surface area contributed by atoms with Crippen LogP contribution in [0.1, 0.15) is 25.3 Å². The Morgan fingerprint density at radius 1 is 1.32 bits per heavy atom. The van der Waals surface area contributed by atoms with Gasteiger partial charge in [0.1, 0.15) is 16.5 Å². The molecular weight excluding hydrogens is 334 g/mol. The molecule has 1 saturated heterocycles. The minimum Gasteiger partial charge on any atom is -0.328 e. The summed E-state index contributed by atoms with van der Waals surface area (Å²) in [6.07, 6.45) is 1.54. The molecule has 0 aliphatic carbocycles. The quantitative estimate of drug-likeness (QED) is 0.906. The monoisotopic (exact) mass is 354 g/mol. The molecule has 1 aliphatic heterocycles. The van der Waals surface area contributed by atoms with Crippen molar-refractivity contribution in [3.63, 3.8) is 0 Å². The van der Waals surface area contributed by atoms with Gasteiger partial charge in [-0.3, -0.25) is 0 Å². The minimum atomic E-state index is -3.96. The van der Waals surface area contributed by atoms with Gasteiger partial charge in [-0.15, -0.1) is 12.4 Å². The average Bonchev–Trinajstić information content (AvgIpc) is 2.42. The second-order valence-electron chi connectivity index (χ2n) is 5.66. The average molecular weight is 355 g/mol. The zero-order chi connectivity index (χ0) is 15.8. The molecule has 1 aromatic rings. The summed E-state index contributed by atoms with van der Waals surface area (Å²) in [5, 5.41) is 0. The van der Waals surface area contributed by atoms with Crippen LogP contribution in [0.15, 0.2) is 17.0 Å². The highest BCUT2D eigenvalue weighted by Gasteiger charge is 2.33. The number of rotatable bonds is 3. The topological polar surface area (TPSA) is 63.4 Å². The molecule has 0 saturated carbocycles. The maximum absolute atomic E-state index is 13.9. The molecule has 2 atom stereocenters. The molecule has 4 nitrogen and oxygen atoms in total. The van der Waals surface area contributed by atoms with E-state index < -0.39 is 26.6 Å². The van der Waals surface area contributed by atoms with Crippen LogP contribution >= 0.6 is 12.4 Å². The van der Waals surface area contributed by atoms with Crippen molar-refractivity contribution in [2.75, 3.05) is 13.1 Å². The van der Waals surface area contributed by atoms with Crippen molar-refractivity contribution in [3.05, 3.63) is 29.3 Å². The van der Waals surface area contributed by atoms with Crippen LogP contribution < -0.4 is 5.73 Å². The van der Waals surface area contributed by atoms with Gasteiger partial charge in [-0.25, -0.2) is 17.2 Å². The van der Waals surface area contributed by atoms with Crippen molar-refractivity contribution >= 4 is 22.4 Å². The standard InChI is InChI=1S/C14H20F2N2O2S.ClH/c1-9-6-14(13(16)7-12(9)15)21(19,20)18-5-3-4-11(8-18)10(2)17;/h6-7,10-11H,3-5,8,17H2,1-2H3;1H. The summed E-state index contributed by atoms with van der Waals surface area (Å²) < 4.78 is 53.5. The number of nitrogens with two attached hydrogens (primary N) is 1. The normalized spacial score (nSPS) is 21.2. The van der Waals surface area contributed by atoms with Crippen LogP contribution in [0, 0.1) is 24.5 Å². The summed E-state index contributed by atoms with van der Waals surface area (Å²) in [6.45, 7) is 3.86. The van der Waals surface area contributed by atoms with E-state index >= 15 is 0 Å². The van der Waals surface area contributed by atoms with E-state index in [2.05, 4.69) is 0 Å². The van der Waals surface area contributed by atoms with Crippen molar-refractivity contribution in [1.29, 1.82) is 0 Å². The lowest BCUT2D eigenvalue weighted by Crippen LogP contribution is -2.45. The Morgan fingerprint density at radius 3 is 2.55 bits per heavy atom. The lowest BCUT2D eigenvalue weighted by molar-refractivity contribution is 0.242. The Kier molecular flexibility index (Phi) is 6.32. The molecule has 0 radical (unpaired) electrons. The number of hydrogen-bond acceptors (Lipinski definition) is 3. The summed E-state index contributed by atoms with van der Waals surface area (Å²) in [5.41, 5.74) is 5.95. The van der Waals surface area contributed by atoms with E-state index in [-0.39, 0.29) is 36.5 Å². The van der Waals surface area contributed by atoms with Crippen LogP contribution in [0.25, 0.3) is 0 Å². The van der Waals surface area contributed by atoms with Crippen molar-refractivity contribution in [1.82, 2.24) is 4.31 Å². The molecule has 0 bridgehead atoms. The molecule has 1 aliphatic rings.